The number of rotatable bonds is 3. The largest absolute Gasteiger partial charge is 0.457 e. The first-order valence-corrected chi connectivity index (χ1v) is 9.40. The fourth-order valence-corrected chi connectivity index (χ4v) is 5.01. The van der Waals surface area contributed by atoms with Crippen LogP contribution >= 0.6 is 0 Å². The number of aryl methyl sites for hydroxylation is 1. The van der Waals surface area contributed by atoms with E-state index in [1.54, 1.807) is 12.1 Å². The Kier molecular flexibility index (Phi) is 3.36. The minimum Gasteiger partial charge on any atom is -0.457 e. The predicted octanol–water partition coefficient (Wildman–Crippen LogP) is 4.49. The molecular weight excluding hydrogens is 338 g/mol. The summed E-state index contributed by atoms with van der Waals surface area (Å²) in [7, 11) is 0. The van der Waals surface area contributed by atoms with Crippen molar-refractivity contribution < 1.29 is 14.3 Å². The number of carbonyl (C=O) groups is 2. The van der Waals surface area contributed by atoms with E-state index >= 15 is 0 Å². The summed E-state index contributed by atoms with van der Waals surface area (Å²) in [6, 6.07) is 15.0. The van der Waals surface area contributed by atoms with Gasteiger partial charge in [0.2, 0.25) is 11.8 Å². The summed E-state index contributed by atoms with van der Waals surface area (Å²) in [5.41, 5.74) is 1.08. The van der Waals surface area contributed by atoms with Crippen LogP contribution < -0.4 is 9.64 Å². The van der Waals surface area contributed by atoms with Gasteiger partial charge >= 0.3 is 0 Å². The normalized spacial score (nSPS) is 30.9. The number of fused-ring (bicyclic) bond motifs is 5. The molecule has 3 aliphatic rings. The molecule has 2 aromatic rings. The van der Waals surface area contributed by atoms with E-state index in [2.05, 4.69) is 12.2 Å². The van der Waals surface area contributed by atoms with Gasteiger partial charge in [0.05, 0.1) is 17.0 Å². The Morgan fingerprint density at radius 1 is 1.04 bits per heavy atom. The number of amides is 2. The monoisotopic (exact) mass is 359 g/mol. The Hall–Kier alpha value is -2.88. The van der Waals surface area contributed by atoms with Gasteiger partial charge in [-0.25, -0.2) is 4.90 Å². The van der Waals surface area contributed by atoms with Gasteiger partial charge in [0.1, 0.15) is 11.5 Å². The molecule has 5 rings (SSSR count). The van der Waals surface area contributed by atoms with Gasteiger partial charge in [-0.15, -0.1) is 0 Å². The third-order valence-electron chi connectivity index (χ3n) is 6.53. The van der Waals surface area contributed by atoms with Crippen molar-refractivity contribution in [3.63, 3.8) is 0 Å². The summed E-state index contributed by atoms with van der Waals surface area (Å²) in [4.78, 5) is 27.6. The van der Waals surface area contributed by atoms with Crippen molar-refractivity contribution in [1.82, 2.24) is 0 Å². The SMILES string of the molecule is Cc1ccccc1Oc1ccc(N2C(=O)[C@@H]3[C@@H]4C=C[C@@H](C4)[C@@]3(C)C2=O)cc1. The number of para-hydroxylation sites is 1. The molecule has 2 fully saturated rings. The molecule has 136 valence electrons. The molecule has 1 saturated carbocycles. The van der Waals surface area contributed by atoms with Crippen LogP contribution in [0.25, 0.3) is 0 Å². The first-order chi connectivity index (χ1) is 13.0. The van der Waals surface area contributed by atoms with E-state index in [0.717, 1.165) is 17.7 Å². The van der Waals surface area contributed by atoms with Gasteiger partial charge in [-0.2, -0.15) is 0 Å². The standard InChI is InChI=1S/C23H21NO3/c1-14-5-3-4-6-19(14)27-18-11-9-17(10-12-18)24-21(25)20-15-7-8-16(13-15)23(20,2)22(24)26/h3-12,15-16,20H,13H2,1-2H3/t15-,16+,20+,23-/m1/s1. The van der Waals surface area contributed by atoms with E-state index in [1.807, 2.05) is 50.2 Å². The Labute approximate surface area is 158 Å². The maximum absolute atomic E-state index is 13.2. The number of carbonyl (C=O) groups excluding carboxylic acids is 2. The lowest BCUT2D eigenvalue weighted by Gasteiger charge is -2.28. The van der Waals surface area contributed by atoms with Crippen molar-refractivity contribution in [2.24, 2.45) is 23.2 Å². The molecule has 2 amide bonds. The number of imide groups is 1. The van der Waals surface area contributed by atoms with Gasteiger partial charge in [0.25, 0.3) is 0 Å². The molecule has 1 heterocycles. The van der Waals surface area contributed by atoms with E-state index in [1.165, 1.54) is 4.90 Å². The van der Waals surface area contributed by atoms with Crippen molar-refractivity contribution in [1.29, 1.82) is 0 Å². The fourth-order valence-electron chi connectivity index (χ4n) is 5.01. The topological polar surface area (TPSA) is 46.6 Å². The number of hydrogen-bond acceptors (Lipinski definition) is 3. The van der Waals surface area contributed by atoms with Gasteiger partial charge in [-0.1, -0.05) is 30.4 Å². The number of ether oxygens (including phenoxy) is 1. The minimum absolute atomic E-state index is 0.0630. The number of benzene rings is 2. The first kappa shape index (κ1) is 16.3. The van der Waals surface area contributed by atoms with Gasteiger partial charge < -0.3 is 4.74 Å². The minimum atomic E-state index is -0.590. The second-order valence-electron chi connectivity index (χ2n) is 7.99. The molecule has 0 spiro atoms. The third-order valence-corrected chi connectivity index (χ3v) is 6.53. The molecule has 0 radical (unpaired) electrons. The van der Waals surface area contributed by atoms with Crippen LogP contribution in [0.4, 0.5) is 5.69 Å². The number of nitrogens with zero attached hydrogens (tertiary/aromatic N) is 1. The van der Waals surface area contributed by atoms with Gasteiger partial charge in [0.15, 0.2) is 0 Å². The fraction of sp³-hybridized carbons (Fsp3) is 0.304. The molecule has 0 aromatic heterocycles. The smallest absolute Gasteiger partial charge is 0.241 e. The van der Waals surface area contributed by atoms with Crippen LogP contribution in [0, 0.1) is 30.1 Å². The molecule has 27 heavy (non-hydrogen) atoms. The van der Waals surface area contributed by atoms with E-state index < -0.39 is 5.41 Å². The molecule has 0 N–H and O–H groups in total. The molecule has 2 aromatic carbocycles. The van der Waals surface area contributed by atoms with Gasteiger partial charge in [0, 0.05) is 0 Å². The second-order valence-corrected chi connectivity index (χ2v) is 7.99. The highest BCUT2D eigenvalue weighted by Gasteiger charge is 2.67. The Bertz CT molecular complexity index is 977. The maximum Gasteiger partial charge on any atom is 0.241 e. The number of hydrogen-bond donors (Lipinski definition) is 0. The molecule has 4 nitrogen and oxygen atoms in total. The third kappa shape index (κ3) is 2.16. The summed E-state index contributed by atoms with van der Waals surface area (Å²) in [5, 5.41) is 0. The lowest BCUT2D eigenvalue weighted by molar-refractivity contribution is -0.127. The van der Waals surface area contributed by atoms with Crippen LogP contribution in [0.1, 0.15) is 18.9 Å². The van der Waals surface area contributed by atoms with Gasteiger partial charge in [-0.05, 0) is 68.0 Å². The molecule has 1 aliphatic heterocycles. The van der Waals surface area contributed by atoms with Crippen LogP contribution in [0.15, 0.2) is 60.7 Å². The lowest BCUT2D eigenvalue weighted by Crippen LogP contribution is -2.37. The molecule has 2 aliphatic carbocycles. The first-order valence-electron chi connectivity index (χ1n) is 9.40. The zero-order valence-electron chi connectivity index (χ0n) is 15.4. The lowest BCUT2D eigenvalue weighted by atomic mass is 9.71. The zero-order valence-corrected chi connectivity index (χ0v) is 15.4. The van der Waals surface area contributed by atoms with Gasteiger partial charge in [-0.3, -0.25) is 9.59 Å². The number of allylic oxidation sites excluding steroid dienone is 2. The summed E-state index contributed by atoms with van der Waals surface area (Å²) >= 11 is 0. The quantitative estimate of drug-likeness (QED) is 0.599. The summed E-state index contributed by atoms with van der Waals surface area (Å²) in [5.74, 6) is 1.50. The van der Waals surface area contributed by atoms with Crippen LogP contribution in [0.2, 0.25) is 0 Å². The predicted molar refractivity (Wildman–Crippen MR) is 103 cm³/mol. The van der Waals surface area contributed by atoms with E-state index in [4.69, 9.17) is 4.74 Å². The van der Waals surface area contributed by atoms with E-state index in [9.17, 15) is 9.59 Å². The average molecular weight is 359 g/mol. The highest BCUT2D eigenvalue weighted by atomic mass is 16.5. The summed E-state index contributed by atoms with van der Waals surface area (Å²) in [6.07, 6.45) is 5.16. The molecule has 4 atom stereocenters. The van der Waals surface area contributed by atoms with Crippen molar-refractivity contribution in [3.05, 3.63) is 66.2 Å². The number of anilines is 1. The van der Waals surface area contributed by atoms with E-state index in [-0.39, 0.29) is 29.6 Å². The highest BCUT2D eigenvalue weighted by Crippen LogP contribution is 2.60. The zero-order chi connectivity index (χ0) is 18.8. The van der Waals surface area contributed by atoms with Crippen LogP contribution in [-0.4, -0.2) is 11.8 Å². The molecule has 0 unspecified atom stereocenters. The summed E-state index contributed by atoms with van der Waals surface area (Å²) in [6.45, 7) is 3.95. The average Bonchev–Trinajstić information content (AvgIpc) is 3.30. The second kappa shape index (κ2) is 5.56. The van der Waals surface area contributed by atoms with Crippen molar-refractivity contribution in [2.75, 3.05) is 4.90 Å². The van der Waals surface area contributed by atoms with Crippen molar-refractivity contribution >= 4 is 17.5 Å². The Balaban J connectivity index is 1.42. The van der Waals surface area contributed by atoms with E-state index in [0.29, 0.717) is 11.4 Å². The maximum atomic E-state index is 13.2. The molecule has 4 heteroatoms. The molecular formula is C23H21NO3. The summed E-state index contributed by atoms with van der Waals surface area (Å²) < 4.78 is 5.92. The van der Waals surface area contributed by atoms with Crippen LogP contribution in [0.3, 0.4) is 0 Å². The molecule has 1 saturated heterocycles. The van der Waals surface area contributed by atoms with Crippen molar-refractivity contribution in [3.8, 4) is 11.5 Å². The molecule has 2 bridgehead atoms. The van der Waals surface area contributed by atoms with Crippen LogP contribution in [-0.2, 0) is 9.59 Å². The highest BCUT2D eigenvalue weighted by molar-refractivity contribution is 6.24. The Morgan fingerprint density at radius 3 is 2.48 bits per heavy atom. The van der Waals surface area contributed by atoms with Crippen LogP contribution in [0.5, 0.6) is 11.5 Å². The Morgan fingerprint density at radius 2 is 1.78 bits per heavy atom. The van der Waals surface area contributed by atoms with Crippen molar-refractivity contribution in [2.45, 2.75) is 20.3 Å².